The van der Waals surface area contributed by atoms with Crippen LogP contribution in [-0.2, 0) is 6.54 Å². The average Bonchev–Trinajstić information content (AvgIpc) is 2.78. The van der Waals surface area contributed by atoms with Crippen LogP contribution in [0.2, 0.25) is 0 Å². The van der Waals surface area contributed by atoms with Crippen molar-refractivity contribution in [3.8, 4) is 11.8 Å². The Morgan fingerprint density at radius 2 is 2.10 bits per heavy atom. The quantitative estimate of drug-likeness (QED) is 0.671. The molecule has 0 aromatic carbocycles. The standard InChI is InChI=1S/C18H25N3/c1-5-6-12-19-14-15-16(10-11-18(2,3)4)21-13-8-7-9-17(21)20-15/h7-9,13,19H,5-6,12,14H2,1-4H3. The number of hydrogen-bond acceptors (Lipinski definition) is 2. The van der Waals surface area contributed by atoms with Crippen LogP contribution in [0.5, 0.6) is 0 Å². The second-order valence-electron chi connectivity index (χ2n) is 6.37. The number of aromatic nitrogens is 2. The average molecular weight is 283 g/mol. The number of fused-ring (bicyclic) bond motifs is 1. The molecule has 0 aliphatic rings. The van der Waals surface area contributed by atoms with Crippen LogP contribution >= 0.6 is 0 Å². The minimum atomic E-state index is -0.00809. The maximum absolute atomic E-state index is 4.71. The number of hydrogen-bond donors (Lipinski definition) is 1. The number of nitrogens with one attached hydrogen (secondary N) is 1. The molecule has 0 aliphatic carbocycles. The van der Waals surface area contributed by atoms with E-state index in [1.165, 1.54) is 12.8 Å². The van der Waals surface area contributed by atoms with Gasteiger partial charge in [0.05, 0.1) is 5.69 Å². The summed E-state index contributed by atoms with van der Waals surface area (Å²) in [6.07, 6.45) is 4.43. The lowest BCUT2D eigenvalue weighted by atomic mass is 9.98. The molecule has 0 saturated carbocycles. The lowest BCUT2D eigenvalue weighted by molar-refractivity contribution is 0.570. The molecular formula is C18H25N3. The lowest BCUT2D eigenvalue weighted by Crippen LogP contribution is -2.15. The van der Waals surface area contributed by atoms with E-state index in [0.717, 1.165) is 30.1 Å². The number of imidazole rings is 1. The molecule has 2 heterocycles. The summed E-state index contributed by atoms with van der Waals surface area (Å²) in [4.78, 5) is 4.71. The number of nitrogens with zero attached hydrogens (tertiary/aromatic N) is 2. The molecule has 21 heavy (non-hydrogen) atoms. The molecule has 2 aromatic rings. The normalized spacial score (nSPS) is 11.4. The molecule has 0 saturated heterocycles. The summed E-state index contributed by atoms with van der Waals surface area (Å²) in [5.41, 5.74) is 2.99. The highest BCUT2D eigenvalue weighted by Gasteiger charge is 2.11. The van der Waals surface area contributed by atoms with Gasteiger partial charge in [0.15, 0.2) is 0 Å². The minimum absolute atomic E-state index is 0.00809. The summed E-state index contributed by atoms with van der Waals surface area (Å²) in [6, 6.07) is 6.06. The van der Waals surface area contributed by atoms with E-state index in [1.807, 2.05) is 24.4 Å². The molecule has 0 bridgehead atoms. The summed E-state index contributed by atoms with van der Waals surface area (Å²) >= 11 is 0. The lowest BCUT2D eigenvalue weighted by Gasteiger charge is -2.07. The fourth-order valence-corrected chi connectivity index (χ4v) is 2.06. The summed E-state index contributed by atoms with van der Waals surface area (Å²) in [6.45, 7) is 10.4. The predicted molar refractivity (Wildman–Crippen MR) is 88.1 cm³/mol. The maximum atomic E-state index is 4.71. The van der Waals surface area contributed by atoms with Crippen molar-refractivity contribution in [3.63, 3.8) is 0 Å². The van der Waals surface area contributed by atoms with E-state index in [9.17, 15) is 0 Å². The van der Waals surface area contributed by atoms with Crippen molar-refractivity contribution in [3.05, 3.63) is 35.8 Å². The monoisotopic (exact) mass is 283 g/mol. The first-order chi connectivity index (χ1) is 10.0. The molecule has 3 nitrogen and oxygen atoms in total. The van der Waals surface area contributed by atoms with E-state index < -0.39 is 0 Å². The van der Waals surface area contributed by atoms with Crippen molar-refractivity contribution in [1.29, 1.82) is 0 Å². The topological polar surface area (TPSA) is 29.3 Å². The largest absolute Gasteiger partial charge is 0.311 e. The number of pyridine rings is 1. The van der Waals surface area contributed by atoms with Gasteiger partial charge in [0.2, 0.25) is 0 Å². The van der Waals surface area contributed by atoms with Crippen LogP contribution in [0.3, 0.4) is 0 Å². The Bertz CT molecular complexity index is 650. The third kappa shape index (κ3) is 4.34. The summed E-state index contributed by atoms with van der Waals surface area (Å²) in [5, 5.41) is 3.46. The van der Waals surface area contributed by atoms with E-state index >= 15 is 0 Å². The third-order valence-electron chi connectivity index (χ3n) is 3.16. The summed E-state index contributed by atoms with van der Waals surface area (Å²) < 4.78 is 2.08. The van der Waals surface area contributed by atoms with E-state index in [1.54, 1.807) is 0 Å². The zero-order valence-electron chi connectivity index (χ0n) is 13.5. The molecule has 0 atom stereocenters. The van der Waals surface area contributed by atoms with E-state index in [4.69, 9.17) is 4.98 Å². The Morgan fingerprint density at radius 1 is 1.29 bits per heavy atom. The van der Waals surface area contributed by atoms with Gasteiger partial charge in [-0.25, -0.2) is 4.98 Å². The zero-order valence-corrected chi connectivity index (χ0v) is 13.5. The first kappa shape index (κ1) is 15.6. The Morgan fingerprint density at radius 3 is 2.81 bits per heavy atom. The van der Waals surface area contributed by atoms with Crippen LogP contribution < -0.4 is 5.32 Å². The van der Waals surface area contributed by atoms with E-state index in [-0.39, 0.29) is 5.41 Å². The number of unbranched alkanes of at least 4 members (excludes halogenated alkanes) is 1. The van der Waals surface area contributed by atoms with Crippen molar-refractivity contribution in [1.82, 2.24) is 14.7 Å². The molecule has 0 amide bonds. The van der Waals surface area contributed by atoms with Crippen LogP contribution in [0.25, 0.3) is 5.65 Å². The Labute approximate surface area is 127 Å². The molecule has 2 rings (SSSR count). The van der Waals surface area contributed by atoms with Crippen molar-refractivity contribution in [2.75, 3.05) is 6.54 Å². The molecule has 0 radical (unpaired) electrons. The fourth-order valence-electron chi connectivity index (χ4n) is 2.06. The molecule has 2 aromatic heterocycles. The van der Waals surface area contributed by atoms with Gasteiger partial charge in [0.25, 0.3) is 0 Å². The Kier molecular flexibility index (Phi) is 5.03. The highest BCUT2D eigenvalue weighted by molar-refractivity contribution is 5.49. The Hall–Kier alpha value is -1.79. The van der Waals surface area contributed by atoms with Crippen molar-refractivity contribution >= 4 is 5.65 Å². The molecular weight excluding hydrogens is 258 g/mol. The van der Waals surface area contributed by atoms with Crippen molar-refractivity contribution in [2.45, 2.75) is 47.1 Å². The van der Waals surface area contributed by atoms with Gasteiger partial charge in [0.1, 0.15) is 11.3 Å². The van der Waals surface area contributed by atoms with Gasteiger partial charge in [-0.15, -0.1) is 0 Å². The van der Waals surface area contributed by atoms with E-state index in [0.29, 0.717) is 0 Å². The van der Waals surface area contributed by atoms with Gasteiger partial charge >= 0.3 is 0 Å². The van der Waals surface area contributed by atoms with Gasteiger partial charge in [0, 0.05) is 18.2 Å². The highest BCUT2D eigenvalue weighted by atomic mass is 15.0. The molecule has 112 valence electrons. The maximum Gasteiger partial charge on any atom is 0.138 e. The first-order valence-corrected chi connectivity index (χ1v) is 7.71. The second-order valence-corrected chi connectivity index (χ2v) is 6.37. The fraction of sp³-hybridized carbons (Fsp3) is 0.500. The molecule has 0 fully saturated rings. The minimum Gasteiger partial charge on any atom is -0.311 e. The smallest absolute Gasteiger partial charge is 0.138 e. The molecule has 0 unspecified atom stereocenters. The zero-order chi connectivity index (χ0) is 15.3. The van der Waals surface area contributed by atoms with Gasteiger partial charge in [-0.3, -0.25) is 4.40 Å². The summed E-state index contributed by atoms with van der Waals surface area (Å²) in [5.74, 6) is 6.65. The van der Waals surface area contributed by atoms with Crippen LogP contribution in [0.15, 0.2) is 24.4 Å². The Balaban J connectivity index is 2.31. The SMILES string of the molecule is CCCCNCc1nc2ccccn2c1C#CC(C)(C)C. The van der Waals surface area contributed by atoms with Crippen LogP contribution in [-0.4, -0.2) is 15.9 Å². The van der Waals surface area contributed by atoms with E-state index in [2.05, 4.69) is 49.3 Å². The van der Waals surface area contributed by atoms with Gasteiger partial charge in [-0.05, 0) is 51.8 Å². The first-order valence-electron chi connectivity index (χ1n) is 7.71. The third-order valence-corrected chi connectivity index (χ3v) is 3.16. The van der Waals surface area contributed by atoms with Crippen LogP contribution in [0.1, 0.15) is 51.9 Å². The molecule has 1 N–H and O–H groups in total. The second kappa shape index (κ2) is 6.78. The van der Waals surface area contributed by atoms with Crippen LogP contribution in [0.4, 0.5) is 0 Å². The van der Waals surface area contributed by atoms with Crippen molar-refractivity contribution < 1.29 is 0 Å². The van der Waals surface area contributed by atoms with Crippen molar-refractivity contribution in [2.24, 2.45) is 5.41 Å². The van der Waals surface area contributed by atoms with Gasteiger partial charge < -0.3 is 5.32 Å². The molecule has 0 spiro atoms. The molecule has 3 heteroatoms. The van der Waals surface area contributed by atoms with Gasteiger partial charge in [-0.2, -0.15) is 0 Å². The predicted octanol–water partition coefficient (Wildman–Crippen LogP) is 3.62. The van der Waals surface area contributed by atoms with Gasteiger partial charge in [-0.1, -0.05) is 25.3 Å². The highest BCUT2D eigenvalue weighted by Crippen LogP contribution is 2.14. The summed E-state index contributed by atoms with van der Waals surface area (Å²) in [7, 11) is 0. The van der Waals surface area contributed by atoms with Crippen LogP contribution in [0, 0.1) is 17.3 Å². The molecule has 0 aliphatic heterocycles. The number of rotatable bonds is 5.